The highest BCUT2D eigenvalue weighted by Crippen LogP contribution is 2.30. The monoisotopic (exact) mass is 245 g/mol. The molecule has 0 unspecified atom stereocenters. The van der Waals surface area contributed by atoms with Gasteiger partial charge in [0.15, 0.2) is 0 Å². The molecule has 0 fully saturated rings. The normalized spacial score (nSPS) is 10.7. The van der Waals surface area contributed by atoms with Crippen molar-refractivity contribution in [3.63, 3.8) is 0 Å². The second kappa shape index (κ2) is 4.82. The highest BCUT2D eigenvalue weighted by molar-refractivity contribution is 5.66. The predicted octanol–water partition coefficient (Wildman–Crippen LogP) is 2.17. The molecule has 2 aromatic rings. The number of hydrogen-bond donors (Lipinski definition) is 1. The number of aryl methyl sites for hydroxylation is 1. The van der Waals surface area contributed by atoms with Gasteiger partial charge in [-0.25, -0.2) is 4.98 Å². The lowest BCUT2D eigenvalue weighted by molar-refractivity contribution is 0.416. The summed E-state index contributed by atoms with van der Waals surface area (Å²) >= 11 is 0. The van der Waals surface area contributed by atoms with Crippen LogP contribution in [0.4, 0.5) is 0 Å². The first-order valence-corrected chi connectivity index (χ1v) is 5.95. The van der Waals surface area contributed by atoms with E-state index < -0.39 is 0 Å². The van der Waals surface area contributed by atoms with Crippen LogP contribution in [0.2, 0.25) is 0 Å². The first kappa shape index (κ1) is 12.6. The van der Waals surface area contributed by atoms with Crippen LogP contribution < -0.4 is 10.5 Å². The van der Waals surface area contributed by atoms with E-state index in [1.54, 1.807) is 7.11 Å². The number of aromatic nitrogens is 2. The van der Waals surface area contributed by atoms with E-state index in [0.717, 1.165) is 28.5 Å². The Morgan fingerprint density at radius 1 is 1.33 bits per heavy atom. The van der Waals surface area contributed by atoms with Crippen molar-refractivity contribution in [3.05, 3.63) is 35.2 Å². The van der Waals surface area contributed by atoms with Gasteiger partial charge in [0.2, 0.25) is 0 Å². The highest BCUT2D eigenvalue weighted by Gasteiger charge is 2.15. The van der Waals surface area contributed by atoms with Gasteiger partial charge in [0, 0.05) is 19.3 Å². The lowest BCUT2D eigenvalue weighted by atomic mass is 10.1. The summed E-state index contributed by atoms with van der Waals surface area (Å²) in [7, 11) is 3.67. The molecule has 0 radical (unpaired) electrons. The van der Waals surface area contributed by atoms with Gasteiger partial charge in [-0.05, 0) is 26.0 Å². The summed E-state index contributed by atoms with van der Waals surface area (Å²) < 4.78 is 7.46. The molecule has 0 atom stereocenters. The van der Waals surface area contributed by atoms with Gasteiger partial charge in [0.05, 0.1) is 18.4 Å². The van der Waals surface area contributed by atoms with Gasteiger partial charge in [-0.15, -0.1) is 0 Å². The number of imidazole rings is 1. The van der Waals surface area contributed by atoms with Crippen molar-refractivity contribution >= 4 is 0 Å². The topological polar surface area (TPSA) is 53.1 Å². The fraction of sp³-hybridized carbons (Fsp3) is 0.357. The largest absolute Gasteiger partial charge is 0.496 e. The highest BCUT2D eigenvalue weighted by atomic mass is 16.5. The summed E-state index contributed by atoms with van der Waals surface area (Å²) in [5.41, 5.74) is 9.91. The molecule has 0 spiro atoms. The summed E-state index contributed by atoms with van der Waals surface area (Å²) in [6.07, 6.45) is 0. The molecular weight excluding hydrogens is 226 g/mol. The van der Waals surface area contributed by atoms with E-state index in [1.165, 1.54) is 5.56 Å². The molecule has 0 amide bonds. The number of benzene rings is 1. The van der Waals surface area contributed by atoms with E-state index in [1.807, 2.05) is 26.1 Å². The molecule has 0 aliphatic carbocycles. The molecule has 4 nitrogen and oxygen atoms in total. The van der Waals surface area contributed by atoms with E-state index in [9.17, 15) is 0 Å². The molecule has 0 aliphatic heterocycles. The Kier molecular flexibility index (Phi) is 3.39. The smallest absolute Gasteiger partial charge is 0.144 e. The van der Waals surface area contributed by atoms with Gasteiger partial charge < -0.3 is 15.0 Å². The third-order valence-electron chi connectivity index (χ3n) is 3.27. The summed E-state index contributed by atoms with van der Waals surface area (Å²) in [6.45, 7) is 4.54. The molecule has 96 valence electrons. The van der Waals surface area contributed by atoms with Crippen LogP contribution in [0.5, 0.6) is 5.75 Å². The molecule has 1 aromatic heterocycles. The quantitative estimate of drug-likeness (QED) is 0.901. The molecule has 2 rings (SSSR count). The Balaban J connectivity index is 2.64. The van der Waals surface area contributed by atoms with Gasteiger partial charge >= 0.3 is 0 Å². The van der Waals surface area contributed by atoms with Crippen LogP contribution >= 0.6 is 0 Å². The Hall–Kier alpha value is -1.81. The number of ether oxygens (including phenoxy) is 1. The lowest BCUT2D eigenvalue weighted by Gasteiger charge is -2.09. The SMILES string of the molecule is COc1ccc(C)cc1-c1nc(CN)c(C)n1C. The van der Waals surface area contributed by atoms with Gasteiger partial charge in [0.25, 0.3) is 0 Å². The van der Waals surface area contributed by atoms with E-state index >= 15 is 0 Å². The van der Waals surface area contributed by atoms with Crippen LogP contribution in [-0.2, 0) is 13.6 Å². The fourth-order valence-electron chi connectivity index (χ4n) is 2.07. The molecule has 18 heavy (non-hydrogen) atoms. The Morgan fingerprint density at radius 2 is 2.06 bits per heavy atom. The van der Waals surface area contributed by atoms with Crippen molar-refractivity contribution in [2.24, 2.45) is 12.8 Å². The molecule has 0 aliphatic rings. The van der Waals surface area contributed by atoms with Crippen LogP contribution in [0.15, 0.2) is 18.2 Å². The zero-order valence-electron chi connectivity index (χ0n) is 11.3. The van der Waals surface area contributed by atoms with Crippen molar-refractivity contribution in [2.75, 3.05) is 7.11 Å². The minimum Gasteiger partial charge on any atom is -0.496 e. The molecule has 1 aromatic carbocycles. The van der Waals surface area contributed by atoms with Crippen LogP contribution in [0.1, 0.15) is 17.0 Å². The summed E-state index contributed by atoms with van der Waals surface area (Å²) in [4.78, 5) is 4.61. The number of rotatable bonds is 3. The maximum absolute atomic E-state index is 5.70. The van der Waals surface area contributed by atoms with E-state index in [2.05, 4.69) is 22.5 Å². The second-order valence-corrected chi connectivity index (χ2v) is 4.43. The second-order valence-electron chi connectivity index (χ2n) is 4.43. The van der Waals surface area contributed by atoms with E-state index in [4.69, 9.17) is 10.5 Å². The average molecular weight is 245 g/mol. The third kappa shape index (κ3) is 1.99. The van der Waals surface area contributed by atoms with Crippen molar-refractivity contribution in [1.82, 2.24) is 9.55 Å². The predicted molar refractivity (Wildman–Crippen MR) is 72.6 cm³/mol. The van der Waals surface area contributed by atoms with Gasteiger partial charge in [-0.1, -0.05) is 11.6 Å². The molecule has 4 heteroatoms. The molecule has 0 saturated carbocycles. The van der Waals surface area contributed by atoms with Gasteiger partial charge in [0.1, 0.15) is 11.6 Å². The Morgan fingerprint density at radius 3 is 2.61 bits per heavy atom. The maximum Gasteiger partial charge on any atom is 0.144 e. The van der Waals surface area contributed by atoms with E-state index in [0.29, 0.717) is 6.54 Å². The molecule has 0 saturated heterocycles. The zero-order chi connectivity index (χ0) is 13.3. The van der Waals surface area contributed by atoms with Crippen LogP contribution in [-0.4, -0.2) is 16.7 Å². The number of methoxy groups -OCH3 is 1. The molecule has 0 bridgehead atoms. The van der Waals surface area contributed by atoms with Gasteiger partial charge in [-0.2, -0.15) is 0 Å². The van der Waals surface area contributed by atoms with Crippen molar-refractivity contribution in [1.29, 1.82) is 0 Å². The van der Waals surface area contributed by atoms with E-state index in [-0.39, 0.29) is 0 Å². The Labute approximate surface area is 107 Å². The van der Waals surface area contributed by atoms with Crippen molar-refractivity contribution in [2.45, 2.75) is 20.4 Å². The van der Waals surface area contributed by atoms with Crippen molar-refractivity contribution < 1.29 is 4.74 Å². The van der Waals surface area contributed by atoms with Crippen LogP contribution in [0.3, 0.4) is 0 Å². The third-order valence-corrected chi connectivity index (χ3v) is 3.27. The minimum absolute atomic E-state index is 0.452. The van der Waals surface area contributed by atoms with Crippen LogP contribution in [0, 0.1) is 13.8 Å². The first-order valence-electron chi connectivity index (χ1n) is 5.95. The summed E-state index contributed by atoms with van der Waals surface area (Å²) in [5, 5.41) is 0. The van der Waals surface area contributed by atoms with Gasteiger partial charge in [-0.3, -0.25) is 0 Å². The molecular formula is C14H19N3O. The number of nitrogens with two attached hydrogens (primary N) is 1. The standard InChI is InChI=1S/C14H19N3O/c1-9-5-6-13(18-4)11(7-9)14-16-12(8-15)10(2)17(14)3/h5-7H,8,15H2,1-4H3. The lowest BCUT2D eigenvalue weighted by Crippen LogP contribution is -2.00. The van der Waals surface area contributed by atoms with Crippen LogP contribution in [0.25, 0.3) is 11.4 Å². The zero-order valence-corrected chi connectivity index (χ0v) is 11.3. The maximum atomic E-state index is 5.70. The number of nitrogens with zero attached hydrogens (tertiary/aromatic N) is 2. The molecule has 1 heterocycles. The minimum atomic E-state index is 0.452. The fourth-order valence-corrected chi connectivity index (χ4v) is 2.07. The number of hydrogen-bond acceptors (Lipinski definition) is 3. The van der Waals surface area contributed by atoms with Crippen molar-refractivity contribution in [3.8, 4) is 17.1 Å². The summed E-state index contributed by atoms with van der Waals surface area (Å²) in [5.74, 6) is 1.73. The Bertz CT molecular complexity index is 573. The molecule has 2 N–H and O–H groups in total. The average Bonchev–Trinajstić information content (AvgIpc) is 2.66. The summed E-state index contributed by atoms with van der Waals surface area (Å²) in [6, 6.07) is 6.08. The first-order chi connectivity index (χ1) is 8.58.